The number of aliphatic hydroxyl groups excluding tert-OH is 4. The number of aryl methyl sites for hydroxylation is 1. The summed E-state index contributed by atoms with van der Waals surface area (Å²) in [5.74, 6) is -1.90. The highest BCUT2D eigenvalue weighted by molar-refractivity contribution is 7.09. The number of aromatic nitrogens is 1. The molecule has 0 saturated carbocycles. The quantitative estimate of drug-likeness (QED) is 0.276. The van der Waals surface area contributed by atoms with Gasteiger partial charge in [-0.3, -0.25) is 9.59 Å². The van der Waals surface area contributed by atoms with Gasteiger partial charge in [0.2, 0.25) is 0 Å². The second kappa shape index (κ2) is 13.9. The average Bonchev–Trinajstić information content (AvgIpc) is 3.26. The number of ether oxygens (including phenoxy) is 4. The zero-order valence-electron chi connectivity index (χ0n) is 26.8. The number of Topliss-reactive ketones (excluding diaryl/α,β-unsaturated/α-hetero) is 1. The predicted molar refractivity (Wildman–Crippen MR) is 163 cm³/mol. The summed E-state index contributed by atoms with van der Waals surface area (Å²) in [6.07, 6.45) is -4.02. The summed E-state index contributed by atoms with van der Waals surface area (Å²) in [4.78, 5) is 32.1. The van der Waals surface area contributed by atoms with Crippen LogP contribution in [0.5, 0.6) is 0 Å². The molecular formula is C32H49NO10S. The Kier molecular flexibility index (Phi) is 11.1. The standard InChI is InChI=1S/C32H49NO10S/c1-16-9-8-10-32(7)24(43-32)12-21(17(2)11-20-15-44-19(4)33-20)40-25(35)13-23(31(5,6)29(39)18(3)26(16)36)42-30-28(38)27(37)22(14-34)41-30/h11,15-16,18,21-24,26-28,30,34,36-38H,8-10,12-14H2,1-7H3/b17-11+/t16-,18+,21-,22+,23-,24-,26-,27-,28-,30+,32+/m0/s1. The van der Waals surface area contributed by atoms with E-state index in [1.807, 2.05) is 39.2 Å². The van der Waals surface area contributed by atoms with E-state index in [0.29, 0.717) is 12.8 Å². The molecular weight excluding hydrogens is 590 g/mol. The first-order valence-corrected chi connectivity index (χ1v) is 16.4. The molecule has 0 amide bonds. The second-order valence-corrected chi connectivity index (χ2v) is 14.6. The highest BCUT2D eigenvalue weighted by atomic mass is 32.1. The lowest BCUT2D eigenvalue weighted by molar-refractivity contribution is -0.218. The molecule has 3 saturated heterocycles. The van der Waals surface area contributed by atoms with Crippen molar-refractivity contribution >= 4 is 29.2 Å². The van der Waals surface area contributed by atoms with Crippen molar-refractivity contribution in [3.63, 3.8) is 0 Å². The van der Waals surface area contributed by atoms with Crippen LogP contribution in [0.2, 0.25) is 0 Å². The Hall–Kier alpha value is -1.77. The normalized spacial score (nSPS) is 40.8. The minimum Gasteiger partial charge on any atom is -0.458 e. The van der Waals surface area contributed by atoms with Crippen molar-refractivity contribution in [1.82, 2.24) is 4.98 Å². The molecule has 4 rings (SSSR count). The Bertz CT molecular complexity index is 1200. The Morgan fingerprint density at radius 2 is 1.86 bits per heavy atom. The van der Waals surface area contributed by atoms with Gasteiger partial charge >= 0.3 is 5.97 Å². The van der Waals surface area contributed by atoms with Crippen LogP contribution in [0.15, 0.2) is 11.0 Å². The van der Waals surface area contributed by atoms with Crippen molar-refractivity contribution in [2.24, 2.45) is 17.3 Å². The molecule has 0 aliphatic carbocycles. The number of carbonyl (C=O) groups excluding carboxylic acids is 2. The average molecular weight is 640 g/mol. The van der Waals surface area contributed by atoms with E-state index in [1.165, 1.54) is 11.3 Å². The molecule has 3 fully saturated rings. The van der Waals surface area contributed by atoms with Crippen molar-refractivity contribution in [1.29, 1.82) is 0 Å². The number of carbonyl (C=O) groups is 2. The molecule has 0 bridgehead atoms. The molecule has 0 aromatic carbocycles. The first-order valence-electron chi connectivity index (χ1n) is 15.5. The molecule has 3 aliphatic heterocycles. The summed E-state index contributed by atoms with van der Waals surface area (Å²) in [5, 5.41) is 44.5. The van der Waals surface area contributed by atoms with E-state index >= 15 is 0 Å². The van der Waals surface area contributed by atoms with E-state index < -0.39 is 66.8 Å². The summed E-state index contributed by atoms with van der Waals surface area (Å²) in [6.45, 7) is 12.1. The fourth-order valence-corrected chi connectivity index (χ4v) is 6.98. The minimum atomic E-state index is -1.51. The van der Waals surface area contributed by atoms with Crippen molar-refractivity contribution in [3.8, 4) is 0 Å². The lowest BCUT2D eigenvalue weighted by Gasteiger charge is -2.38. The molecule has 0 unspecified atom stereocenters. The number of thiazole rings is 1. The zero-order chi connectivity index (χ0) is 32.6. The van der Waals surface area contributed by atoms with Crippen molar-refractivity contribution in [2.75, 3.05) is 6.61 Å². The van der Waals surface area contributed by atoms with E-state index in [9.17, 15) is 30.0 Å². The van der Waals surface area contributed by atoms with Gasteiger partial charge in [-0.2, -0.15) is 0 Å². The summed E-state index contributed by atoms with van der Waals surface area (Å²) < 4.78 is 23.8. The van der Waals surface area contributed by atoms with Crippen LogP contribution in [0.1, 0.15) is 84.3 Å². The monoisotopic (exact) mass is 639 g/mol. The van der Waals surface area contributed by atoms with E-state index in [2.05, 4.69) is 4.98 Å². The maximum Gasteiger partial charge on any atom is 0.309 e. The fraction of sp³-hybridized carbons (Fsp3) is 0.781. The second-order valence-electron chi connectivity index (χ2n) is 13.6. The highest BCUT2D eigenvalue weighted by Gasteiger charge is 2.53. The summed E-state index contributed by atoms with van der Waals surface area (Å²) in [7, 11) is 0. The molecule has 44 heavy (non-hydrogen) atoms. The Labute approximate surface area is 263 Å². The molecule has 4 heterocycles. The van der Waals surface area contributed by atoms with Crippen LogP contribution < -0.4 is 0 Å². The van der Waals surface area contributed by atoms with Gasteiger partial charge in [0.15, 0.2) is 6.29 Å². The van der Waals surface area contributed by atoms with E-state index in [0.717, 1.165) is 29.1 Å². The van der Waals surface area contributed by atoms with Crippen LogP contribution in [0, 0.1) is 24.2 Å². The Morgan fingerprint density at radius 1 is 1.16 bits per heavy atom. The topological polar surface area (TPSA) is 168 Å². The van der Waals surface area contributed by atoms with Gasteiger partial charge in [-0.1, -0.05) is 34.1 Å². The smallest absolute Gasteiger partial charge is 0.309 e. The van der Waals surface area contributed by atoms with Gasteiger partial charge < -0.3 is 39.4 Å². The number of epoxide rings is 1. The summed E-state index contributed by atoms with van der Waals surface area (Å²) >= 11 is 1.53. The third-order valence-corrected chi connectivity index (χ3v) is 10.5. The predicted octanol–water partition coefficient (Wildman–Crippen LogP) is 2.94. The SMILES string of the molecule is C/C(=C\c1csc(C)n1)[C@@H]1C[C@@H]2O[C@]2(C)CCC[C@H](C)[C@H](O)[C@@H](C)C(=O)C(C)(C)[C@@H](O[C@H]2O[C@H](CO)[C@H](O)[C@@H]2O)CC(=O)O1. The molecule has 0 radical (unpaired) electrons. The maximum absolute atomic E-state index is 13.9. The zero-order valence-corrected chi connectivity index (χ0v) is 27.6. The fourth-order valence-electron chi connectivity index (χ4n) is 6.41. The van der Waals surface area contributed by atoms with Gasteiger partial charge in [0.25, 0.3) is 0 Å². The number of hydrogen-bond donors (Lipinski definition) is 4. The first kappa shape index (κ1) is 35.1. The van der Waals surface area contributed by atoms with E-state index in [1.54, 1.807) is 20.8 Å². The lowest BCUT2D eigenvalue weighted by Crippen LogP contribution is -2.49. The maximum atomic E-state index is 13.9. The Morgan fingerprint density at radius 3 is 2.48 bits per heavy atom. The van der Waals surface area contributed by atoms with Gasteiger partial charge in [-0.25, -0.2) is 4.98 Å². The largest absolute Gasteiger partial charge is 0.458 e. The molecule has 0 spiro atoms. The number of nitrogens with zero attached hydrogens (tertiary/aromatic N) is 1. The molecule has 248 valence electrons. The number of cyclic esters (lactones) is 1. The highest BCUT2D eigenvalue weighted by Crippen LogP contribution is 2.45. The van der Waals surface area contributed by atoms with Crippen molar-refractivity contribution < 1.29 is 49.0 Å². The van der Waals surface area contributed by atoms with Gasteiger partial charge in [-0.05, 0) is 51.2 Å². The molecule has 3 aliphatic rings. The molecule has 12 heteroatoms. The lowest BCUT2D eigenvalue weighted by atomic mass is 9.72. The van der Waals surface area contributed by atoms with Gasteiger partial charge in [-0.15, -0.1) is 11.3 Å². The van der Waals surface area contributed by atoms with E-state index in [4.69, 9.17) is 18.9 Å². The van der Waals surface area contributed by atoms with Gasteiger partial charge in [0.05, 0.1) is 53.1 Å². The molecule has 11 nitrogen and oxygen atoms in total. The Balaban J connectivity index is 1.65. The number of hydrogen-bond acceptors (Lipinski definition) is 12. The van der Waals surface area contributed by atoms with Crippen molar-refractivity contribution in [2.45, 2.75) is 135 Å². The van der Waals surface area contributed by atoms with Gasteiger partial charge in [0.1, 0.15) is 30.2 Å². The van der Waals surface area contributed by atoms with Crippen molar-refractivity contribution in [3.05, 3.63) is 21.7 Å². The molecule has 1 aromatic rings. The number of rotatable bonds is 5. The third-order valence-electron chi connectivity index (χ3n) is 9.69. The number of esters is 1. The number of aliphatic hydroxyl groups is 4. The van der Waals surface area contributed by atoms with Crippen LogP contribution in [0.25, 0.3) is 6.08 Å². The molecule has 4 N–H and O–H groups in total. The van der Waals surface area contributed by atoms with Crippen LogP contribution in [-0.4, -0.2) is 98.4 Å². The van der Waals surface area contributed by atoms with Crippen LogP contribution in [0.3, 0.4) is 0 Å². The number of fused-ring (bicyclic) bond motifs is 1. The van der Waals surface area contributed by atoms with E-state index in [-0.39, 0.29) is 29.8 Å². The first-order chi connectivity index (χ1) is 20.6. The van der Waals surface area contributed by atoms with Crippen LogP contribution in [0.4, 0.5) is 0 Å². The van der Waals surface area contributed by atoms with Gasteiger partial charge in [0, 0.05) is 17.7 Å². The summed E-state index contributed by atoms with van der Waals surface area (Å²) in [6, 6.07) is 0. The molecule has 11 atom stereocenters. The molecule has 1 aromatic heterocycles. The van der Waals surface area contributed by atoms with Crippen LogP contribution >= 0.6 is 11.3 Å². The minimum absolute atomic E-state index is 0.128. The third kappa shape index (κ3) is 7.78. The van der Waals surface area contributed by atoms with Crippen LogP contribution in [-0.2, 0) is 28.5 Å². The number of ketones is 1. The summed E-state index contributed by atoms with van der Waals surface area (Å²) in [5.41, 5.74) is -0.146.